The van der Waals surface area contributed by atoms with E-state index in [4.69, 9.17) is 4.99 Å². The molecule has 0 spiro atoms. The Morgan fingerprint density at radius 1 is 1.25 bits per heavy atom. The summed E-state index contributed by atoms with van der Waals surface area (Å²) in [6.07, 6.45) is 5.71. The van der Waals surface area contributed by atoms with Crippen LogP contribution in [0.3, 0.4) is 0 Å². The number of rotatable bonds is 5. The number of carbonyl (C=O) groups excluding carboxylic acids is 1. The van der Waals surface area contributed by atoms with Gasteiger partial charge in [0, 0.05) is 31.2 Å². The van der Waals surface area contributed by atoms with Gasteiger partial charge < -0.3 is 15.5 Å². The lowest BCUT2D eigenvalue weighted by atomic mass is 9.85. The van der Waals surface area contributed by atoms with E-state index in [-0.39, 0.29) is 11.8 Å². The molecule has 5 heteroatoms. The van der Waals surface area contributed by atoms with Crippen molar-refractivity contribution in [2.24, 2.45) is 10.9 Å². The molecule has 2 fully saturated rings. The van der Waals surface area contributed by atoms with Gasteiger partial charge in [0.25, 0.3) is 0 Å². The normalized spacial score (nSPS) is 18.4. The molecule has 1 saturated heterocycles. The highest BCUT2D eigenvalue weighted by Gasteiger charge is 2.25. The van der Waals surface area contributed by atoms with Crippen LogP contribution >= 0.6 is 0 Å². The maximum Gasteiger partial charge on any atom is 0.227 e. The zero-order valence-electron chi connectivity index (χ0n) is 14.6. The average molecular weight is 328 g/mol. The van der Waals surface area contributed by atoms with Crippen molar-refractivity contribution >= 4 is 17.6 Å². The van der Waals surface area contributed by atoms with Crippen molar-refractivity contribution in [3.05, 3.63) is 29.8 Å². The second-order valence-electron chi connectivity index (χ2n) is 6.68. The highest BCUT2D eigenvalue weighted by atomic mass is 16.1. The van der Waals surface area contributed by atoms with E-state index in [0.717, 1.165) is 49.7 Å². The molecule has 1 amide bonds. The predicted molar refractivity (Wildman–Crippen MR) is 98.0 cm³/mol. The van der Waals surface area contributed by atoms with Gasteiger partial charge in [0.2, 0.25) is 5.91 Å². The van der Waals surface area contributed by atoms with Gasteiger partial charge in [-0.15, -0.1) is 0 Å². The van der Waals surface area contributed by atoms with E-state index in [0.29, 0.717) is 6.54 Å². The molecule has 0 atom stereocenters. The third-order valence-corrected chi connectivity index (χ3v) is 4.82. The van der Waals surface area contributed by atoms with Gasteiger partial charge in [-0.05, 0) is 50.3 Å². The highest BCUT2D eigenvalue weighted by Crippen LogP contribution is 2.27. The number of guanidine groups is 1. The fraction of sp³-hybridized carbons (Fsp3) is 0.579. The molecular formula is C19H28N4O. The summed E-state index contributed by atoms with van der Waals surface area (Å²) in [5, 5.41) is 6.42. The topological polar surface area (TPSA) is 56.7 Å². The molecule has 0 radical (unpaired) electrons. The Balaban J connectivity index is 1.62. The van der Waals surface area contributed by atoms with Crippen LogP contribution in [0.5, 0.6) is 0 Å². The van der Waals surface area contributed by atoms with Gasteiger partial charge in [0.15, 0.2) is 5.96 Å². The van der Waals surface area contributed by atoms with Crippen LogP contribution in [0.4, 0.5) is 5.69 Å². The van der Waals surface area contributed by atoms with Crippen LogP contribution in [0.15, 0.2) is 29.3 Å². The molecule has 1 saturated carbocycles. The second-order valence-corrected chi connectivity index (χ2v) is 6.68. The largest absolute Gasteiger partial charge is 0.357 e. The van der Waals surface area contributed by atoms with Gasteiger partial charge in [0.05, 0.1) is 6.54 Å². The Bertz CT molecular complexity index is 589. The summed E-state index contributed by atoms with van der Waals surface area (Å²) in [5.41, 5.74) is 2.00. The molecule has 1 aliphatic carbocycles. The Kier molecular flexibility index (Phi) is 5.72. The first-order valence-electron chi connectivity index (χ1n) is 9.19. The first-order valence-corrected chi connectivity index (χ1v) is 9.19. The summed E-state index contributed by atoms with van der Waals surface area (Å²) in [7, 11) is 0. The fourth-order valence-electron chi connectivity index (χ4n) is 3.18. The van der Waals surface area contributed by atoms with Crippen molar-refractivity contribution in [2.75, 3.05) is 25.0 Å². The summed E-state index contributed by atoms with van der Waals surface area (Å²) in [4.78, 5) is 19.2. The molecule has 1 aromatic carbocycles. The van der Waals surface area contributed by atoms with Crippen LogP contribution in [0.25, 0.3) is 0 Å². The molecule has 0 unspecified atom stereocenters. The molecule has 0 bridgehead atoms. The van der Waals surface area contributed by atoms with Crippen LogP contribution in [0.2, 0.25) is 0 Å². The predicted octanol–water partition coefficient (Wildman–Crippen LogP) is 2.99. The van der Waals surface area contributed by atoms with E-state index < -0.39 is 0 Å². The molecule has 0 aromatic heterocycles. The second kappa shape index (κ2) is 8.18. The Hall–Kier alpha value is -2.04. The maximum absolute atomic E-state index is 12.1. The first kappa shape index (κ1) is 16.8. The number of aliphatic imine (C=N–C) groups is 1. The van der Waals surface area contributed by atoms with E-state index in [9.17, 15) is 4.79 Å². The molecule has 1 aliphatic heterocycles. The Labute approximate surface area is 144 Å². The van der Waals surface area contributed by atoms with Crippen LogP contribution in [0.1, 0.15) is 44.6 Å². The first-order chi connectivity index (χ1) is 11.8. The average Bonchev–Trinajstić information content (AvgIpc) is 3.04. The molecular weight excluding hydrogens is 300 g/mol. The van der Waals surface area contributed by atoms with Crippen LogP contribution in [-0.2, 0) is 11.3 Å². The van der Waals surface area contributed by atoms with Crippen molar-refractivity contribution in [3.63, 3.8) is 0 Å². The van der Waals surface area contributed by atoms with Crippen molar-refractivity contribution in [3.8, 4) is 0 Å². The van der Waals surface area contributed by atoms with E-state index in [2.05, 4.69) is 28.5 Å². The van der Waals surface area contributed by atoms with E-state index in [1.54, 1.807) is 0 Å². The van der Waals surface area contributed by atoms with Gasteiger partial charge in [-0.3, -0.25) is 4.79 Å². The number of likely N-dealkylation sites (tertiary alicyclic amines) is 1. The minimum absolute atomic E-state index is 0.160. The molecule has 3 rings (SSSR count). The van der Waals surface area contributed by atoms with Crippen molar-refractivity contribution < 1.29 is 4.79 Å². The van der Waals surface area contributed by atoms with Crippen LogP contribution in [-0.4, -0.2) is 36.4 Å². The summed E-state index contributed by atoms with van der Waals surface area (Å²) in [6, 6.07) is 8.04. The molecule has 24 heavy (non-hydrogen) atoms. The number of anilines is 1. The lowest BCUT2D eigenvalue weighted by Crippen LogP contribution is -2.39. The summed E-state index contributed by atoms with van der Waals surface area (Å²) >= 11 is 0. The van der Waals surface area contributed by atoms with Gasteiger partial charge in [-0.1, -0.05) is 18.6 Å². The SMILES string of the molecule is CCNC(=NCc1cccc(NC(=O)C2CCC2)c1)N1CCCC1. The van der Waals surface area contributed by atoms with Gasteiger partial charge in [0.1, 0.15) is 0 Å². The van der Waals surface area contributed by atoms with Crippen molar-refractivity contribution in [1.82, 2.24) is 10.2 Å². The quantitative estimate of drug-likeness (QED) is 0.645. The van der Waals surface area contributed by atoms with E-state index in [1.165, 1.54) is 19.3 Å². The number of amides is 1. The molecule has 1 heterocycles. The number of nitrogens with one attached hydrogen (secondary N) is 2. The summed E-state index contributed by atoms with van der Waals surface area (Å²) in [6.45, 7) is 5.79. The number of benzene rings is 1. The monoisotopic (exact) mass is 328 g/mol. The van der Waals surface area contributed by atoms with Crippen LogP contribution in [0, 0.1) is 5.92 Å². The van der Waals surface area contributed by atoms with Gasteiger partial charge in [-0.2, -0.15) is 0 Å². The zero-order valence-corrected chi connectivity index (χ0v) is 14.6. The number of hydrogen-bond acceptors (Lipinski definition) is 2. The zero-order chi connectivity index (χ0) is 16.8. The smallest absolute Gasteiger partial charge is 0.227 e. The molecule has 130 valence electrons. The maximum atomic E-state index is 12.1. The molecule has 1 aromatic rings. The number of nitrogens with zero attached hydrogens (tertiary/aromatic N) is 2. The number of carbonyl (C=O) groups is 1. The Morgan fingerprint density at radius 3 is 2.71 bits per heavy atom. The van der Waals surface area contributed by atoms with E-state index in [1.807, 2.05) is 18.2 Å². The Morgan fingerprint density at radius 2 is 2.04 bits per heavy atom. The van der Waals surface area contributed by atoms with Gasteiger partial charge >= 0.3 is 0 Å². The summed E-state index contributed by atoms with van der Waals surface area (Å²) in [5.74, 6) is 1.37. The minimum atomic E-state index is 0.160. The lowest BCUT2D eigenvalue weighted by Gasteiger charge is -2.24. The van der Waals surface area contributed by atoms with Crippen LogP contribution < -0.4 is 10.6 Å². The third-order valence-electron chi connectivity index (χ3n) is 4.82. The third kappa shape index (κ3) is 4.28. The molecule has 5 nitrogen and oxygen atoms in total. The fourth-order valence-corrected chi connectivity index (χ4v) is 3.18. The molecule has 2 N–H and O–H groups in total. The van der Waals surface area contributed by atoms with Crippen molar-refractivity contribution in [1.29, 1.82) is 0 Å². The molecule has 2 aliphatic rings. The standard InChI is InChI=1S/C19H28N4O/c1-2-20-19(23-11-3-4-12-23)21-14-15-7-5-10-17(13-15)22-18(24)16-8-6-9-16/h5,7,10,13,16H,2-4,6,8-9,11-12,14H2,1H3,(H,20,21)(H,22,24). The number of hydrogen-bond donors (Lipinski definition) is 2. The summed E-state index contributed by atoms with van der Waals surface area (Å²) < 4.78 is 0. The van der Waals surface area contributed by atoms with Gasteiger partial charge in [-0.25, -0.2) is 4.99 Å². The van der Waals surface area contributed by atoms with E-state index >= 15 is 0 Å². The van der Waals surface area contributed by atoms with Crippen molar-refractivity contribution in [2.45, 2.75) is 45.6 Å². The lowest BCUT2D eigenvalue weighted by molar-refractivity contribution is -0.122. The minimum Gasteiger partial charge on any atom is -0.357 e. The highest BCUT2D eigenvalue weighted by molar-refractivity contribution is 5.93.